The topological polar surface area (TPSA) is 35.2 Å². The zero-order chi connectivity index (χ0) is 13.1. The largest absolute Gasteiger partial charge is 0.573 e. The molecule has 0 aromatic heterocycles. The van der Waals surface area contributed by atoms with Gasteiger partial charge in [-0.25, -0.2) is 0 Å². The lowest BCUT2D eigenvalue weighted by molar-refractivity contribution is -0.274. The molecule has 0 spiro atoms. The van der Waals surface area contributed by atoms with Crippen LogP contribution in [0.2, 0.25) is 0 Å². The maximum absolute atomic E-state index is 12.0. The predicted molar refractivity (Wildman–Crippen MR) is 59.5 cm³/mol. The average Bonchev–Trinajstić information content (AvgIpc) is 2.14. The summed E-state index contributed by atoms with van der Waals surface area (Å²) in [6.45, 7) is 4.02. The van der Waals surface area contributed by atoms with Gasteiger partial charge in [0.2, 0.25) is 0 Å². The van der Waals surface area contributed by atoms with E-state index >= 15 is 0 Å². The summed E-state index contributed by atoms with van der Waals surface area (Å²) in [6.07, 6.45) is -3.95. The van der Waals surface area contributed by atoms with Crippen molar-refractivity contribution in [2.75, 3.05) is 0 Å². The average molecular weight is 247 g/mol. The Labute approximate surface area is 98.6 Å². The molecule has 0 bridgehead atoms. The van der Waals surface area contributed by atoms with Crippen LogP contribution in [0.1, 0.15) is 31.9 Å². The molecule has 1 rings (SSSR count). The summed E-state index contributed by atoms with van der Waals surface area (Å²) in [6, 6.07) is 5.54. The smallest absolute Gasteiger partial charge is 0.406 e. The highest BCUT2D eigenvalue weighted by atomic mass is 19.4. The van der Waals surface area contributed by atoms with E-state index in [1.165, 1.54) is 18.2 Å². The van der Waals surface area contributed by atoms with Gasteiger partial charge in [0.25, 0.3) is 0 Å². The molecule has 0 aliphatic carbocycles. The Morgan fingerprint density at radius 1 is 1.29 bits per heavy atom. The first-order chi connectivity index (χ1) is 7.78. The third-order valence-electron chi connectivity index (χ3n) is 2.25. The Morgan fingerprint density at radius 2 is 1.94 bits per heavy atom. The highest BCUT2D eigenvalue weighted by Gasteiger charge is 2.31. The van der Waals surface area contributed by atoms with Gasteiger partial charge in [0, 0.05) is 6.04 Å². The SMILES string of the molecule is CC(C)C[C@H](N)c1cccc(OC(F)(F)F)c1. The number of hydrogen-bond acceptors (Lipinski definition) is 2. The third-order valence-corrected chi connectivity index (χ3v) is 2.25. The van der Waals surface area contributed by atoms with E-state index < -0.39 is 6.36 Å². The van der Waals surface area contributed by atoms with Gasteiger partial charge in [0.1, 0.15) is 5.75 Å². The van der Waals surface area contributed by atoms with Crippen molar-refractivity contribution < 1.29 is 17.9 Å². The second-order valence-electron chi connectivity index (χ2n) is 4.36. The van der Waals surface area contributed by atoms with Crippen LogP contribution >= 0.6 is 0 Å². The van der Waals surface area contributed by atoms with E-state index in [-0.39, 0.29) is 11.8 Å². The predicted octanol–water partition coefficient (Wildman–Crippen LogP) is 3.63. The number of benzene rings is 1. The maximum Gasteiger partial charge on any atom is 0.573 e. The summed E-state index contributed by atoms with van der Waals surface area (Å²) in [5, 5.41) is 0. The summed E-state index contributed by atoms with van der Waals surface area (Å²) in [4.78, 5) is 0. The minimum absolute atomic E-state index is 0.228. The van der Waals surface area contributed by atoms with Crippen LogP contribution in [-0.4, -0.2) is 6.36 Å². The molecule has 0 unspecified atom stereocenters. The minimum atomic E-state index is -4.67. The molecule has 0 saturated heterocycles. The summed E-state index contributed by atoms with van der Waals surface area (Å²) in [5.74, 6) is 0.159. The van der Waals surface area contributed by atoms with Crippen LogP contribution in [0.25, 0.3) is 0 Å². The number of nitrogens with two attached hydrogens (primary N) is 1. The zero-order valence-electron chi connectivity index (χ0n) is 9.79. The molecule has 1 aromatic rings. The molecular weight excluding hydrogens is 231 g/mol. The van der Waals surface area contributed by atoms with Crippen LogP contribution in [0.5, 0.6) is 5.75 Å². The highest BCUT2D eigenvalue weighted by Crippen LogP contribution is 2.26. The Balaban J connectivity index is 2.78. The molecule has 0 aliphatic heterocycles. The minimum Gasteiger partial charge on any atom is -0.406 e. The molecule has 0 fully saturated rings. The first-order valence-corrected chi connectivity index (χ1v) is 5.39. The van der Waals surface area contributed by atoms with Gasteiger partial charge in [0.05, 0.1) is 0 Å². The Morgan fingerprint density at radius 3 is 2.47 bits per heavy atom. The van der Waals surface area contributed by atoms with Crippen molar-refractivity contribution in [1.29, 1.82) is 0 Å². The van der Waals surface area contributed by atoms with E-state index in [0.29, 0.717) is 11.5 Å². The second-order valence-corrected chi connectivity index (χ2v) is 4.36. The molecular formula is C12H16F3NO. The molecule has 5 heteroatoms. The molecule has 0 radical (unpaired) electrons. The number of alkyl halides is 3. The van der Waals surface area contributed by atoms with Gasteiger partial charge < -0.3 is 10.5 Å². The maximum atomic E-state index is 12.0. The van der Waals surface area contributed by atoms with Gasteiger partial charge in [-0.3, -0.25) is 0 Å². The van der Waals surface area contributed by atoms with Gasteiger partial charge in [0.15, 0.2) is 0 Å². The van der Waals surface area contributed by atoms with E-state index in [1.54, 1.807) is 6.07 Å². The number of hydrogen-bond donors (Lipinski definition) is 1. The number of rotatable bonds is 4. The second kappa shape index (κ2) is 5.40. The molecule has 96 valence electrons. The summed E-state index contributed by atoms with van der Waals surface area (Å²) >= 11 is 0. The summed E-state index contributed by atoms with van der Waals surface area (Å²) in [7, 11) is 0. The van der Waals surface area contributed by atoms with Crippen LogP contribution < -0.4 is 10.5 Å². The van der Waals surface area contributed by atoms with E-state index in [0.717, 1.165) is 6.42 Å². The van der Waals surface area contributed by atoms with E-state index in [4.69, 9.17) is 5.73 Å². The fourth-order valence-corrected chi connectivity index (χ4v) is 1.59. The number of ether oxygens (including phenoxy) is 1. The lowest BCUT2D eigenvalue weighted by atomic mass is 9.98. The fourth-order valence-electron chi connectivity index (χ4n) is 1.59. The van der Waals surface area contributed by atoms with Crippen molar-refractivity contribution in [3.63, 3.8) is 0 Å². The van der Waals surface area contributed by atoms with Crippen molar-refractivity contribution in [3.8, 4) is 5.75 Å². The van der Waals surface area contributed by atoms with Crippen molar-refractivity contribution in [2.45, 2.75) is 32.7 Å². The van der Waals surface area contributed by atoms with Gasteiger partial charge in [-0.05, 0) is 30.0 Å². The normalized spacial score (nSPS) is 13.8. The standard InChI is InChI=1S/C12H16F3NO/c1-8(2)6-11(16)9-4-3-5-10(7-9)17-12(13,14)15/h3-5,7-8,11H,6,16H2,1-2H3/t11-/m0/s1. The van der Waals surface area contributed by atoms with Crippen molar-refractivity contribution >= 4 is 0 Å². The Hall–Kier alpha value is -1.23. The first-order valence-electron chi connectivity index (χ1n) is 5.39. The first kappa shape index (κ1) is 13.8. The lowest BCUT2D eigenvalue weighted by Crippen LogP contribution is -2.18. The molecule has 1 aromatic carbocycles. The van der Waals surface area contributed by atoms with E-state index in [2.05, 4.69) is 4.74 Å². The van der Waals surface area contributed by atoms with Crippen LogP contribution in [-0.2, 0) is 0 Å². The summed E-state index contributed by atoms with van der Waals surface area (Å²) in [5.41, 5.74) is 6.54. The van der Waals surface area contributed by atoms with Gasteiger partial charge in [-0.1, -0.05) is 26.0 Å². The summed E-state index contributed by atoms with van der Waals surface area (Å²) < 4.78 is 39.9. The third kappa shape index (κ3) is 5.08. The van der Waals surface area contributed by atoms with Crippen LogP contribution in [0, 0.1) is 5.92 Å². The number of halogens is 3. The van der Waals surface area contributed by atoms with Gasteiger partial charge in [-0.15, -0.1) is 13.2 Å². The van der Waals surface area contributed by atoms with Crippen LogP contribution in [0.3, 0.4) is 0 Å². The molecule has 2 N–H and O–H groups in total. The van der Waals surface area contributed by atoms with Crippen molar-refractivity contribution in [3.05, 3.63) is 29.8 Å². The lowest BCUT2D eigenvalue weighted by Gasteiger charge is -2.16. The zero-order valence-corrected chi connectivity index (χ0v) is 9.79. The molecule has 17 heavy (non-hydrogen) atoms. The Bertz CT molecular complexity index is 363. The molecule has 0 heterocycles. The molecule has 0 aliphatic rings. The van der Waals surface area contributed by atoms with Gasteiger partial charge >= 0.3 is 6.36 Å². The monoisotopic (exact) mass is 247 g/mol. The van der Waals surface area contributed by atoms with Gasteiger partial charge in [-0.2, -0.15) is 0 Å². The van der Waals surface area contributed by atoms with E-state index in [1.807, 2.05) is 13.8 Å². The fraction of sp³-hybridized carbons (Fsp3) is 0.500. The molecule has 2 nitrogen and oxygen atoms in total. The molecule has 0 amide bonds. The van der Waals surface area contributed by atoms with Crippen LogP contribution in [0.15, 0.2) is 24.3 Å². The Kier molecular flexibility index (Phi) is 4.40. The van der Waals surface area contributed by atoms with Crippen molar-refractivity contribution in [1.82, 2.24) is 0 Å². The molecule has 0 saturated carbocycles. The van der Waals surface area contributed by atoms with E-state index in [9.17, 15) is 13.2 Å². The van der Waals surface area contributed by atoms with Crippen molar-refractivity contribution in [2.24, 2.45) is 11.7 Å². The highest BCUT2D eigenvalue weighted by molar-refractivity contribution is 5.30. The molecule has 1 atom stereocenters. The van der Waals surface area contributed by atoms with Crippen LogP contribution in [0.4, 0.5) is 13.2 Å². The quantitative estimate of drug-likeness (QED) is 0.881.